The molecule has 2 nitrogen and oxygen atoms in total. The fourth-order valence-corrected chi connectivity index (χ4v) is 3.87. The molecule has 2 aromatic rings. The number of pyridine rings is 1. The molecule has 0 unspecified atom stereocenters. The molecule has 1 fully saturated rings. The van der Waals surface area contributed by atoms with Crippen LogP contribution in [0.15, 0.2) is 58.6 Å². The minimum absolute atomic E-state index is 0.579. The highest BCUT2D eigenvalue weighted by Gasteiger charge is 2.25. The maximum Gasteiger partial charge on any atom is 0.101 e. The summed E-state index contributed by atoms with van der Waals surface area (Å²) in [5.41, 5.74) is 1.38. The second-order valence-electron chi connectivity index (χ2n) is 5.89. The van der Waals surface area contributed by atoms with Crippen molar-refractivity contribution >= 4 is 11.8 Å². The molecule has 0 N–H and O–H groups in total. The summed E-state index contributed by atoms with van der Waals surface area (Å²) >= 11 is 1.73. The molecular weight excluding hydrogens is 288 g/mol. The van der Waals surface area contributed by atoms with E-state index < -0.39 is 0 Å². The topological polar surface area (TPSA) is 16.1 Å². The van der Waals surface area contributed by atoms with E-state index >= 15 is 0 Å². The van der Waals surface area contributed by atoms with Crippen molar-refractivity contribution in [3.05, 3.63) is 54.2 Å². The van der Waals surface area contributed by atoms with Crippen LogP contribution in [-0.2, 0) is 0 Å². The predicted molar refractivity (Wildman–Crippen MR) is 93.3 cm³/mol. The molecule has 3 heteroatoms. The summed E-state index contributed by atoms with van der Waals surface area (Å²) in [6.45, 7) is 4.73. The second-order valence-corrected chi connectivity index (χ2v) is 6.99. The lowest BCUT2D eigenvalue weighted by molar-refractivity contribution is 0.253. The molecule has 1 aromatic carbocycles. The summed E-state index contributed by atoms with van der Waals surface area (Å²) in [7, 11) is 0. The minimum atomic E-state index is 0.579. The van der Waals surface area contributed by atoms with Gasteiger partial charge in [0.25, 0.3) is 0 Å². The molecule has 2 heterocycles. The van der Waals surface area contributed by atoms with Crippen molar-refractivity contribution in [2.45, 2.75) is 48.6 Å². The zero-order chi connectivity index (χ0) is 15.2. The van der Waals surface area contributed by atoms with E-state index in [2.05, 4.69) is 59.4 Å². The van der Waals surface area contributed by atoms with Crippen molar-refractivity contribution in [3.8, 4) is 0 Å². The van der Waals surface area contributed by atoms with Gasteiger partial charge in [-0.25, -0.2) is 4.98 Å². The van der Waals surface area contributed by atoms with Gasteiger partial charge in [-0.2, -0.15) is 0 Å². The van der Waals surface area contributed by atoms with Crippen molar-refractivity contribution in [2.75, 3.05) is 13.1 Å². The molecule has 1 aliphatic heterocycles. The number of nitrogens with zero attached hydrogens (tertiary/aromatic N) is 2. The third-order valence-corrected chi connectivity index (χ3v) is 5.23. The number of benzene rings is 1. The van der Waals surface area contributed by atoms with E-state index in [4.69, 9.17) is 0 Å². The Labute approximate surface area is 138 Å². The van der Waals surface area contributed by atoms with Crippen LogP contribution in [0.4, 0.5) is 0 Å². The molecule has 1 atom stereocenters. The normalized spacial score (nSPS) is 18.7. The minimum Gasteiger partial charge on any atom is -0.296 e. The molecule has 0 bridgehead atoms. The molecule has 0 spiro atoms. The number of rotatable bonds is 6. The number of aromatic nitrogens is 1. The SMILES string of the molecule is CCCCN1CCC[C@@H]1c1ccc(Sc2ccccc2)nc1. The van der Waals surface area contributed by atoms with Gasteiger partial charge in [0.2, 0.25) is 0 Å². The molecule has 116 valence electrons. The smallest absolute Gasteiger partial charge is 0.101 e. The molecule has 1 aliphatic rings. The van der Waals surface area contributed by atoms with Crippen LogP contribution in [0.3, 0.4) is 0 Å². The number of hydrogen-bond acceptors (Lipinski definition) is 3. The van der Waals surface area contributed by atoms with E-state index in [0.717, 1.165) is 5.03 Å². The largest absolute Gasteiger partial charge is 0.296 e. The lowest BCUT2D eigenvalue weighted by atomic mass is 10.1. The number of hydrogen-bond donors (Lipinski definition) is 0. The molecular formula is C19H24N2S. The highest BCUT2D eigenvalue weighted by molar-refractivity contribution is 7.99. The van der Waals surface area contributed by atoms with Crippen LogP contribution in [0.2, 0.25) is 0 Å². The highest BCUT2D eigenvalue weighted by atomic mass is 32.2. The van der Waals surface area contributed by atoms with Gasteiger partial charge >= 0.3 is 0 Å². The monoisotopic (exact) mass is 312 g/mol. The van der Waals surface area contributed by atoms with Gasteiger partial charge in [0.05, 0.1) is 0 Å². The first-order valence-electron chi connectivity index (χ1n) is 8.29. The second kappa shape index (κ2) is 7.80. The average molecular weight is 312 g/mol. The summed E-state index contributed by atoms with van der Waals surface area (Å²) in [6, 6.07) is 15.5. The molecule has 0 radical (unpaired) electrons. The van der Waals surface area contributed by atoms with Gasteiger partial charge in [-0.1, -0.05) is 49.4 Å². The summed E-state index contributed by atoms with van der Waals surface area (Å²) in [5.74, 6) is 0. The van der Waals surface area contributed by atoms with Crippen LogP contribution >= 0.6 is 11.8 Å². The van der Waals surface area contributed by atoms with Crippen LogP contribution in [0.1, 0.15) is 44.2 Å². The van der Waals surface area contributed by atoms with Crippen LogP contribution in [-0.4, -0.2) is 23.0 Å². The third kappa shape index (κ3) is 3.90. The van der Waals surface area contributed by atoms with Crippen LogP contribution in [0, 0.1) is 0 Å². The zero-order valence-corrected chi connectivity index (χ0v) is 14.1. The van der Waals surface area contributed by atoms with Crippen molar-refractivity contribution < 1.29 is 0 Å². The van der Waals surface area contributed by atoms with Crippen LogP contribution in [0.5, 0.6) is 0 Å². The van der Waals surface area contributed by atoms with Gasteiger partial charge in [-0.05, 0) is 56.1 Å². The van der Waals surface area contributed by atoms with Gasteiger partial charge < -0.3 is 0 Å². The van der Waals surface area contributed by atoms with E-state index in [1.54, 1.807) is 11.8 Å². The van der Waals surface area contributed by atoms with E-state index in [9.17, 15) is 0 Å². The molecule has 1 saturated heterocycles. The fourth-order valence-electron chi connectivity index (χ4n) is 3.09. The Hall–Kier alpha value is -1.32. The Bertz CT molecular complexity index is 568. The van der Waals surface area contributed by atoms with Gasteiger partial charge in [0, 0.05) is 17.1 Å². The lowest BCUT2D eigenvalue weighted by Crippen LogP contribution is -2.24. The van der Waals surface area contributed by atoms with Crippen molar-refractivity contribution in [3.63, 3.8) is 0 Å². The lowest BCUT2D eigenvalue weighted by Gasteiger charge is -2.24. The Morgan fingerprint density at radius 3 is 2.77 bits per heavy atom. The van der Waals surface area contributed by atoms with Gasteiger partial charge in [0.15, 0.2) is 0 Å². The molecule has 22 heavy (non-hydrogen) atoms. The Morgan fingerprint density at radius 1 is 1.18 bits per heavy atom. The predicted octanol–water partition coefficient (Wildman–Crippen LogP) is 5.17. The highest BCUT2D eigenvalue weighted by Crippen LogP contribution is 2.33. The Morgan fingerprint density at radius 2 is 2.05 bits per heavy atom. The summed E-state index contributed by atoms with van der Waals surface area (Å²) in [5, 5.41) is 1.08. The Balaban J connectivity index is 1.66. The molecule has 3 rings (SSSR count). The Kier molecular flexibility index (Phi) is 5.52. The maximum atomic E-state index is 4.67. The van der Waals surface area contributed by atoms with Crippen molar-refractivity contribution in [2.24, 2.45) is 0 Å². The van der Waals surface area contributed by atoms with Gasteiger partial charge in [0.1, 0.15) is 5.03 Å². The molecule has 0 aliphatic carbocycles. The zero-order valence-electron chi connectivity index (χ0n) is 13.2. The quantitative estimate of drug-likeness (QED) is 0.732. The van der Waals surface area contributed by atoms with E-state index in [-0.39, 0.29) is 0 Å². The van der Waals surface area contributed by atoms with Crippen LogP contribution in [0.25, 0.3) is 0 Å². The first kappa shape index (κ1) is 15.6. The number of unbranched alkanes of at least 4 members (excludes halogenated alkanes) is 1. The average Bonchev–Trinajstić information content (AvgIpc) is 3.03. The fraction of sp³-hybridized carbons (Fsp3) is 0.421. The standard InChI is InChI=1S/C19H24N2S/c1-2-3-13-21-14-7-10-18(21)16-11-12-19(20-15-16)22-17-8-5-4-6-9-17/h4-6,8-9,11-12,15,18H,2-3,7,10,13-14H2,1H3/t18-/m1/s1. The first-order valence-corrected chi connectivity index (χ1v) is 9.11. The molecule has 0 saturated carbocycles. The van der Waals surface area contributed by atoms with Crippen molar-refractivity contribution in [1.82, 2.24) is 9.88 Å². The number of likely N-dealkylation sites (tertiary alicyclic amines) is 1. The summed E-state index contributed by atoms with van der Waals surface area (Å²) in [4.78, 5) is 8.54. The van der Waals surface area contributed by atoms with E-state index in [1.165, 1.54) is 49.2 Å². The maximum absolute atomic E-state index is 4.67. The third-order valence-electron chi connectivity index (χ3n) is 4.27. The van der Waals surface area contributed by atoms with E-state index in [1.807, 2.05) is 6.07 Å². The summed E-state index contributed by atoms with van der Waals surface area (Å²) < 4.78 is 0. The van der Waals surface area contributed by atoms with Crippen LogP contribution < -0.4 is 0 Å². The van der Waals surface area contributed by atoms with Gasteiger partial charge in [-0.15, -0.1) is 0 Å². The molecule has 1 aromatic heterocycles. The van der Waals surface area contributed by atoms with Crippen molar-refractivity contribution in [1.29, 1.82) is 0 Å². The summed E-state index contributed by atoms with van der Waals surface area (Å²) in [6.07, 6.45) is 7.24. The molecule has 0 amide bonds. The first-order chi connectivity index (χ1) is 10.9. The van der Waals surface area contributed by atoms with E-state index in [0.29, 0.717) is 6.04 Å². The van der Waals surface area contributed by atoms with Gasteiger partial charge in [-0.3, -0.25) is 4.90 Å².